The third kappa shape index (κ3) is 7.88. The highest BCUT2D eigenvalue weighted by Crippen LogP contribution is 2.07. The van der Waals surface area contributed by atoms with Crippen molar-refractivity contribution in [1.82, 2.24) is 16.0 Å². The number of aliphatic carboxylic acids is 1. The average molecular weight is 302 g/mol. The molecule has 3 amide bonds. The van der Waals surface area contributed by atoms with E-state index in [1.54, 1.807) is 6.92 Å². The van der Waals surface area contributed by atoms with Crippen molar-refractivity contribution in [3.05, 3.63) is 0 Å². The normalized spacial score (nSPS) is 12.9. The summed E-state index contributed by atoms with van der Waals surface area (Å²) in [5.41, 5.74) is 5.08. The zero-order valence-electron chi connectivity index (χ0n) is 12.1. The van der Waals surface area contributed by atoms with Gasteiger partial charge < -0.3 is 26.8 Å². The molecule has 0 spiro atoms. The molecule has 9 nitrogen and oxygen atoms in total. The molecule has 9 heteroatoms. The standard InChI is InChI=1S/C12H22N4O5/c1-3-7(2)11(12(21)15-6-10(19)20)16-9(18)5-14-8(17)4-13/h7,11H,3-6,13H2,1-2H3,(H,14,17)(H,15,21)(H,16,18)(H,19,20)/t7-,11-/m0/s1. The smallest absolute Gasteiger partial charge is 0.322 e. The molecule has 0 heterocycles. The first-order chi connectivity index (χ1) is 9.81. The quantitative estimate of drug-likeness (QED) is 0.326. The van der Waals surface area contributed by atoms with E-state index in [1.165, 1.54) is 0 Å². The van der Waals surface area contributed by atoms with Gasteiger partial charge in [0.05, 0.1) is 13.1 Å². The van der Waals surface area contributed by atoms with Crippen LogP contribution in [-0.2, 0) is 19.2 Å². The van der Waals surface area contributed by atoms with Gasteiger partial charge in [0.2, 0.25) is 17.7 Å². The van der Waals surface area contributed by atoms with Crippen LogP contribution in [0.1, 0.15) is 20.3 Å². The van der Waals surface area contributed by atoms with Crippen molar-refractivity contribution in [2.24, 2.45) is 11.7 Å². The minimum Gasteiger partial charge on any atom is -0.480 e. The molecule has 0 aromatic heterocycles. The first kappa shape index (κ1) is 18.8. The molecule has 0 saturated carbocycles. The molecule has 0 aliphatic carbocycles. The van der Waals surface area contributed by atoms with Gasteiger partial charge in [0.25, 0.3) is 0 Å². The maximum Gasteiger partial charge on any atom is 0.322 e. The Hall–Kier alpha value is -2.16. The largest absolute Gasteiger partial charge is 0.480 e. The molecule has 0 radical (unpaired) electrons. The van der Waals surface area contributed by atoms with Crippen LogP contribution in [0.2, 0.25) is 0 Å². The van der Waals surface area contributed by atoms with Gasteiger partial charge in [-0.3, -0.25) is 19.2 Å². The van der Waals surface area contributed by atoms with Crippen molar-refractivity contribution in [1.29, 1.82) is 0 Å². The van der Waals surface area contributed by atoms with Crippen molar-refractivity contribution in [2.75, 3.05) is 19.6 Å². The topological polar surface area (TPSA) is 151 Å². The summed E-state index contributed by atoms with van der Waals surface area (Å²) in [7, 11) is 0. The Labute approximate surface area is 122 Å². The molecule has 6 N–H and O–H groups in total. The van der Waals surface area contributed by atoms with E-state index >= 15 is 0 Å². The van der Waals surface area contributed by atoms with Crippen molar-refractivity contribution in [3.8, 4) is 0 Å². The summed E-state index contributed by atoms with van der Waals surface area (Å²) in [4.78, 5) is 44.9. The fraction of sp³-hybridized carbons (Fsp3) is 0.667. The number of hydrogen-bond donors (Lipinski definition) is 5. The lowest BCUT2D eigenvalue weighted by Crippen LogP contribution is -2.53. The zero-order chi connectivity index (χ0) is 16.4. The summed E-state index contributed by atoms with van der Waals surface area (Å²) >= 11 is 0. The summed E-state index contributed by atoms with van der Waals surface area (Å²) in [5, 5.41) is 15.5. The summed E-state index contributed by atoms with van der Waals surface area (Å²) in [6, 6.07) is -0.864. The van der Waals surface area contributed by atoms with Crippen LogP contribution in [0.3, 0.4) is 0 Å². The van der Waals surface area contributed by atoms with E-state index in [0.717, 1.165) is 0 Å². The van der Waals surface area contributed by atoms with Crippen molar-refractivity contribution in [2.45, 2.75) is 26.3 Å². The number of carbonyl (C=O) groups excluding carboxylic acids is 3. The van der Waals surface area contributed by atoms with E-state index in [9.17, 15) is 19.2 Å². The second-order valence-electron chi connectivity index (χ2n) is 4.52. The van der Waals surface area contributed by atoms with Gasteiger partial charge in [0.1, 0.15) is 12.6 Å². The predicted octanol–water partition coefficient (Wildman–Crippen LogP) is -2.21. The molecule has 0 aromatic rings. The molecule has 0 saturated heterocycles. The lowest BCUT2D eigenvalue weighted by molar-refractivity contribution is -0.138. The Kier molecular flexibility index (Phi) is 8.70. The molecule has 0 aromatic carbocycles. The molecular formula is C12H22N4O5. The highest BCUT2D eigenvalue weighted by molar-refractivity contribution is 5.91. The maximum atomic E-state index is 11.9. The third-order valence-corrected chi connectivity index (χ3v) is 2.86. The van der Waals surface area contributed by atoms with Crippen LogP contribution in [0.15, 0.2) is 0 Å². The lowest BCUT2D eigenvalue weighted by atomic mass is 9.98. The molecule has 0 aliphatic rings. The minimum atomic E-state index is -1.17. The van der Waals surface area contributed by atoms with Crippen LogP contribution < -0.4 is 21.7 Å². The summed E-state index contributed by atoms with van der Waals surface area (Å²) in [6.45, 7) is 2.54. The van der Waals surface area contributed by atoms with Crippen LogP contribution in [0.5, 0.6) is 0 Å². The van der Waals surface area contributed by atoms with Crippen molar-refractivity contribution >= 4 is 23.7 Å². The average Bonchev–Trinajstić information content (AvgIpc) is 2.46. The number of carboxylic acids is 1. The van der Waals surface area contributed by atoms with E-state index in [1.807, 2.05) is 6.92 Å². The van der Waals surface area contributed by atoms with E-state index in [-0.39, 0.29) is 19.0 Å². The van der Waals surface area contributed by atoms with Gasteiger partial charge in [-0.25, -0.2) is 0 Å². The van der Waals surface area contributed by atoms with Gasteiger partial charge in [-0.1, -0.05) is 20.3 Å². The van der Waals surface area contributed by atoms with Crippen LogP contribution in [0.4, 0.5) is 0 Å². The Morgan fingerprint density at radius 2 is 1.71 bits per heavy atom. The van der Waals surface area contributed by atoms with Gasteiger partial charge in [-0.15, -0.1) is 0 Å². The van der Waals surface area contributed by atoms with E-state index < -0.39 is 36.3 Å². The van der Waals surface area contributed by atoms with Gasteiger partial charge in [0, 0.05) is 0 Å². The van der Waals surface area contributed by atoms with Crippen LogP contribution in [0.25, 0.3) is 0 Å². The number of hydrogen-bond acceptors (Lipinski definition) is 5. The van der Waals surface area contributed by atoms with Crippen LogP contribution in [-0.4, -0.2) is 54.5 Å². The molecular weight excluding hydrogens is 280 g/mol. The molecule has 21 heavy (non-hydrogen) atoms. The second kappa shape index (κ2) is 9.70. The molecule has 120 valence electrons. The Morgan fingerprint density at radius 3 is 2.19 bits per heavy atom. The third-order valence-electron chi connectivity index (χ3n) is 2.86. The Bertz CT molecular complexity index is 399. The fourth-order valence-corrected chi connectivity index (χ4v) is 1.45. The van der Waals surface area contributed by atoms with Crippen LogP contribution >= 0.6 is 0 Å². The second-order valence-corrected chi connectivity index (χ2v) is 4.52. The summed E-state index contributed by atoms with van der Waals surface area (Å²) in [5.74, 6) is -2.97. The van der Waals surface area contributed by atoms with Gasteiger partial charge in [-0.2, -0.15) is 0 Å². The minimum absolute atomic E-state index is 0.187. The lowest BCUT2D eigenvalue weighted by Gasteiger charge is -2.23. The number of carbonyl (C=O) groups is 4. The highest BCUT2D eigenvalue weighted by Gasteiger charge is 2.26. The maximum absolute atomic E-state index is 11.9. The van der Waals surface area contributed by atoms with E-state index in [4.69, 9.17) is 10.8 Å². The number of carboxylic acid groups (broad SMARTS) is 1. The highest BCUT2D eigenvalue weighted by atomic mass is 16.4. The summed E-state index contributed by atoms with van der Waals surface area (Å²) in [6.07, 6.45) is 0.612. The van der Waals surface area contributed by atoms with Crippen molar-refractivity contribution in [3.63, 3.8) is 0 Å². The van der Waals surface area contributed by atoms with Gasteiger partial charge in [-0.05, 0) is 5.92 Å². The van der Waals surface area contributed by atoms with Crippen molar-refractivity contribution < 1.29 is 24.3 Å². The van der Waals surface area contributed by atoms with Gasteiger partial charge >= 0.3 is 5.97 Å². The Morgan fingerprint density at radius 1 is 1.10 bits per heavy atom. The molecule has 0 fully saturated rings. The number of nitrogens with two attached hydrogens (primary N) is 1. The van der Waals surface area contributed by atoms with E-state index in [2.05, 4.69) is 16.0 Å². The monoisotopic (exact) mass is 302 g/mol. The molecule has 0 rings (SSSR count). The number of rotatable bonds is 9. The SMILES string of the molecule is CC[C@H](C)[C@H](NC(=O)CNC(=O)CN)C(=O)NCC(=O)O. The van der Waals surface area contributed by atoms with Crippen LogP contribution in [0, 0.1) is 5.92 Å². The number of amides is 3. The van der Waals surface area contributed by atoms with E-state index in [0.29, 0.717) is 6.42 Å². The molecule has 0 aliphatic heterocycles. The van der Waals surface area contributed by atoms with Gasteiger partial charge in [0.15, 0.2) is 0 Å². The predicted molar refractivity (Wildman–Crippen MR) is 74.1 cm³/mol. The molecule has 0 bridgehead atoms. The molecule has 0 unspecified atom stereocenters. The number of nitrogens with one attached hydrogen (secondary N) is 3. The fourth-order valence-electron chi connectivity index (χ4n) is 1.45. The Balaban J connectivity index is 4.54. The zero-order valence-corrected chi connectivity index (χ0v) is 12.1. The molecule has 2 atom stereocenters. The first-order valence-electron chi connectivity index (χ1n) is 6.57. The summed E-state index contributed by atoms with van der Waals surface area (Å²) < 4.78 is 0. The first-order valence-corrected chi connectivity index (χ1v) is 6.57.